The summed E-state index contributed by atoms with van der Waals surface area (Å²) >= 11 is 0. The average Bonchev–Trinajstić information content (AvgIpc) is 3.13. The van der Waals surface area contributed by atoms with Gasteiger partial charge in [-0.1, -0.05) is 114 Å². The van der Waals surface area contributed by atoms with Crippen molar-refractivity contribution >= 4 is 17.8 Å². The normalized spacial score (nSPS) is 12.1. The van der Waals surface area contributed by atoms with Crippen LogP contribution in [0.15, 0.2) is 109 Å². The van der Waals surface area contributed by atoms with Crippen molar-refractivity contribution in [3.05, 3.63) is 137 Å². The van der Waals surface area contributed by atoms with Crippen molar-refractivity contribution < 1.29 is 24.2 Å². The maximum absolute atomic E-state index is 13.2. The first kappa shape index (κ1) is 38.4. The molecule has 274 valence electrons. The molecule has 9 heteroatoms. The lowest BCUT2D eigenvalue weighted by atomic mass is 9.86. The predicted molar refractivity (Wildman–Crippen MR) is 208 cm³/mol. The summed E-state index contributed by atoms with van der Waals surface area (Å²) in [6, 6.07) is 30.2. The van der Waals surface area contributed by atoms with Gasteiger partial charge in [-0.3, -0.25) is 14.4 Å². The van der Waals surface area contributed by atoms with Crippen molar-refractivity contribution in [2.75, 3.05) is 6.54 Å². The van der Waals surface area contributed by atoms with Gasteiger partial charge in [0.05, 0.1) is 6.42 Å². The molecular weight excluding hydrogens is 665 g/mol. The standard InChI is InChI=1S/C44H48N4O5/c1-43(2,3)35-17-9-30(10-18-35)28-53-37-21-15-31(16-22-37)34-26-46-40(47-27-34)32-11-7-29(8-12-32)25-38(42(52)45-24-23-39(49)50)48-41(51)33-13-19-36(20-14-33)44(4,5)6/h7-22,26-27,38H,23-25,28H2,1-6H3,(H,45,52)(H,48,51)(H,49,50)/t38-/m0/s1. The Kier molecular flexibility index (Phi) is 12.1. The van der Waals surface area contributed by atoms with Crippen LogP contribution in [0.3, 0.4) is 0 Å². The van der Waals surface area contributed by atoms with Crippen molar-refractivity contribution in [3.8, 4) is 28.3 Å². The van der Waals surface area contributed by atoms with Crippen molar-refractivity contribution in [2.45, 2.75) is 77.9 Å². The molecule has 1 atom stereocenters. The van der Waals surface area contributed by atoms with Crippen LogP contribution >= 0.6 is 0 Å². The highest BCUT2D eigenvalue weighted by Crippen LogP contribution is 2.26. The summed E-state index contributed by atoms with van der Waals surface area (Å²) < 4.78 is 6.02. The van der Waals surface area contributed by atoms with Crippen LogP contribution in [0.4, 0.5) is 0 Å². The molecule has 53 heavy (non-hydrogen) atoms. The van der Waals surface area contributed by atoms with Crippen molar-refractivity contribution in [1.29, 1.82) is 0 Å². The van der Waals surface area contributed by atoms with E-state index in [0.717, 1.165) is 39.1 Å². The molecule has 3 N–H and O–H groups in total. The Morgan fingerprint density at radius 3 is 1.75 bits per heavy atom. The SMILES string of the molecule is CC(C)(C)c1ccc(COc2ccc(-c3cnc(-c4ccc(C[C@H](NC(=O)c5ccc(C(C)(C)C)cc5)C(=O)NCCC(=O)O)cc4)nc3)cc2)cc1. The van der Waals surface area contributed by atoms with Gasteiger partial charge in [-0.25, -0.2) is 9.97 Å². The molecule has 4 aromatic carbocycles. The molecule has 0 spiro atoms. The van der Waals surface area contributed by atoms with Gasteiger partial charge in [0.2, 0.25) is 5.91 Å². The molecule has 0 radical (unpaired) electrons. The van der Waals surface area contributed by atoms with Crippen LogP contribution in [0, 0.1) is 0 Å². The van der Waals surface area contributed by atoms with E-state index in [0.29, 0.717) is 18.0 Å². The quantitative estimate of drug-likeness (QED) is 0.113. The van der Waals surface area contributed by atoms with Gasteiger partial charge in [0.15, 0.2) is 5.82 Å². The average molecular weight is 713 g/mol. The third kappa shape index (κ3) is 10.8. The maximum Gasteiger partial charge on any atom is 0.305 e. The molecule has 5 aromatic rings. The zero-order valence-corrected chi connectivity index (χ0v) is 31.3. The maximum atomic E-state index is 13.2. The third-order valence-electron chi connectivity index (χ3n) is 8.99. The van der Waals surface area contributed by atoms with Crippen molar-refractivity contribution in [2.24, 2.45) is 0 Å². The number of rotatable bonds is 13. The lowest BCUT2D eigenvalue weighted by Gasteiger charge is -2.20. The van der Waals surface area contributed by atoms with Crippen molar-refractivity contribution in [1.82, 2.24) is 20.6 Å². The monoisotopic (exact) mass is 712 g/mol. The second-order valence-corrected chi connectivity index (χ2v) is 15.2. The summed E-state index contributed by atoms with van der Waals surface area (Å²) in [5, 5.41) is 14.5. The highest BCUT2D eigenvalue weighted by molar-refractivity contribution is 5.97. The van der Waals surface area contributed by atoms with Gasteiger partial charge in [0.1, 0.15) is 18.4 Å². The van der Waals surface area contributed by atoms with Gasteiger partial charge in [0, 0.05) is 42.0 Å². The molecule has 0 saturated heterocycles. The first-order valence-electron chi connectivity index (χ1n) is 17.8. The Morgan fingerprint density at radius 2 is 1.21 bits per heavy atom. The van der Waals surface area contributed by atoms with Gasteiger partial charge < -0.3 is 20.5 Å². The molecule has 0 saturated carbocycles. The third-order valence-corrected chi connectivity index (χ3v) is 8.99. The van der Waals surface area contributed by atoms with Crippen LogP contribution in [0.25, 0.3) is 22.5 Å². The summed E-state index contributed by atoms with van der Waals surface area (Å²) in [5.74, 6) is -0.543. The summed E-state index contributed by atoms with van der Waals surface area (Å²) in [5.41, 5.74) is 7.40. The zero-order chi connectivity index (χ0) is 38.2. The molecule has 0 aliphatic rings. The fourth-order valence-electron chi connectivity index (χ4n) is 5.65. The molecular formula is C44H48N4O5. The number of ether oxygens (including phenoxy) is 1. The van der Waals surface area contributed by atoms with Gasteiger partial charge in [0.25, 0.3) is 5.91 Å². The number of carboxylic acid groups (broad SMARTS) is 1. The Bertz CT molecular complexity index is 1990. The van der Waals surface area contributed by atoms with E-state index in [2.05, 4.69) is 86.4 Å². The lowest BCUT2D eigenvalue weighted by Crippen LogP contribution is -2.48. The lowest BCUT2D eigenvalue weighted by molar-refractivity contribution is -0.137. The number of amides is 2. The van der Waals surface area contributed by atoms with Crippen LogP contribution in [0.1, 0.15) is 80.6 Å². The van der Waals surface area contributed by atoms with E-state index in [9.17, 15) is 14.4 Å². The number of nitrogens with zero attached hydrogens (tertiary/aromatic N) is 2. The molecule has 0 aliphatic heterocycles. The molecule has 9 nitrogen and oxygen atoms in total. The number of nitrogens with one attached hydrogen (secondary N) is 2. The number of carboxylic acids is 1. The number of carbonyl (C=O) groups excluding carboxylic acids is 2. The smallest absolute Gasteiger partial charge is 0.305 e. The summed E-state index contributed by atoms with van der Waals surface area (Å²) in [6.07, 6.45) is 3.54. The predicted octanol–water partition coefficient (Wildman–Crippen LogP) is 7.92. The molecule has 1 aromatic heterocycles. The van der Waals surface area contributed by atoms with E-state index < -0.39 is 23.8 Å². The molecule has 0 fully saturated rings. The fourth-order valence-corrected chi connectivity index (χ4v) is 5.65. The van der Waals surface area contributed by atoms with Crippen LogP contribution in [0.2, 0.25) is 0 Å². The Labute approximate surface area is 311 Å². The number of hydrogen-bond donors (Lipinski definition) is 3. The number of aromatic nitrogens is 2. The Hall–Kier alpha value is -5.83. The second kappa shape index (κ2) is 16.7. The molecule has 1 heterocycles. The topological polar surface area (TPSA) is 131 Å². The number of carbonyl (C=O) groups is 3. The largest absolute Gasteiger partial charge is 0.489 e. The number of benzene rings is 4. The van der Waals surface area contributed by atoms with E-state index in [4.69, 9.17) is 9.84 Å². The second-order valence-electron chi connectivity index (χ2n) is 15.2. The summed E-state index contributed by atoms with van der Waals surface area (Å²) in [6.45, 7) is 13.3. The minimum Gasteiger partial charge on any atom is -0.489 e. The highest BCUT2D eigenvalue weighted by atomic mass is 16.5. The molecule has 0 aliphatic carbocycles. The van der Waals surface area contributed by atoms with E-state index >= 15 is 0 Å². The van der Waals surface area contributed by atoms with Crippen LogP contribution in [-0.4, -0.2) is 45.4 Å². The van der Waals surface area contributed by atoms with E-state index in [1.54, 1.807) is 24.5 Å². The van der Waals surface area contributed by atoms with Gasteiger partial charge >= 0.3 is 5.97 Å². The minimum absolute atomic E-state index is 0.0437. The van der Waals surface area contributed by atoms with Crippen LogP contribution in [-0.2, 0) is 33.4 Å². The van der Waals surface area contributed by atoms with Gasteiger partial charge in [-0.05, 0) is 62.9 Å². The minimum atomic E-state index is -1.02. The number of hydrogen-bond acceptors (Lipinski definition) is 6. The van der Waals surface area contributed by atoms with E-state index in [-0.39, 0.29) is 30.2 Å². The molecule has 0 bridgehead atoms. The first-order valence-corrected chi connectivity index (χ1v) is 17.8. The summed E-state index contributed by atoms with van der Waals surface area (Å²) in [7, 11) is 0. The van der Waals surface area contributed by atoms with Crippen LogP contribution < -0.4 is 15.4 Å². The van der Waals surface area contributed by atoms with Crippen molar-refractivity contribution in [3.63, 3.8) is 0 Å². The highest BCUT2D eigenvalue weighted by Gasteiger charge is 2.23. The van der Waals surface area contributed by atoms with E-state index in [1.807, 2.05) is 60.7 Å². The van der Waals surface area contributed by atoms with Gasteiger partial charge in [-0.15, -0.1) is 0 Å². The summed E-state index contributed by atoms with van der Waals surface area (Å²) in [4.78, 5) is 46.5. The molecule has 0 unspecified atom stereocenters. The van der Waals surface area contributed by atoms with Gasteiger partial charge in [-0.2, -0.15) is 0 Å². The van der Waals surface area contributed by atoms with E-state index in [1.165, 1.54) is 5.56 Å². The molecule has 5 rings (SSSR count). The fraction of sp³-hybridized carbons (Fsp3) is 0.295. The Morgan fingerprint density at radius 1 is 0.679 bits per heavy atom. The number of aliphatic carboxylic acids is 1. The Balaban J connectivity index is 1.20. The van der Waals surface area contributed by atoms with Crippen LogP contribution in [0.5, 0.6) is 5.75 Å². The molecule has 2 amide bonds. The zero-order valence-electron chi connectivity index (χ0n) is 31.3. The first-order chi connectivity index (χ1) is 25.2.